The molecule has 0 spiro atoms. The number of hydrogen-bond acceptors (Lipinski definition) is 5. The van der Waals surface area contributed by atoms with Gasteiger partial charge in [0.2, 0.25) is 5.91 Å². The monoisotopic (exact) mass is 410 g/mol. The minimum Gasteiger partial charge on any atom is -0.483 e. The number of amides is 1. The van der Waals surface area contributed by atoms with Gasteiger partial charge in [-0.3, -0.25) is 4.79 Å². The molecule has 1 aliphatic carbocycles. The van der Waals surface area contributed by atoms with Crippen molar-refractivity contribution in [3.8, 4) is 5.75 Å². The maximum absolute atomic E-state index is 11.8. The van der Waals surface area contributed by atoms with Gasteiger partial charge < -0.3 is 14.6 Å². The van der Waals surface area contributed by atoms with Gasteiger partial charge in [-0.05, 0) is 44.0 Å². The van der Waals surface area contributed by atoms with Gasteiger partial charge in [-0.15, -0.1) is 10.2 Å². The van der Waals surface area contributed by atoms with Crippen LogP contribution in [0.3, 0.4) is 0 Å². The first-order valence-corrected chi connectivity index (χ1v) is 9.54. The van der Waals surface area contributed by atoms with Crippen LogP contribution in [0.25, 0.3) is 0 Å². The Kier molecular flexibility index (Phi) is 5.45. The number of ether oxygens (including phenoxy) is 1. The highest BCUT2D eigenvalue weighted by molar-refractivity contribution is 9.10. The molecule has 1 aromatic carbocycles. The number of nitrogens with zero attached hydrogens (tertiary/aromatic N) is 3. The zero-order chi connectivity index (χ0) is 17.1. The van der Waals surface area contributed by atoms with Crippen molar-refractivity contribution < 1.29 is 9.53 Å². The second-order valence-electron chi connectivity index (χ2n) is 5.74. The number of rotatable bonds is 7. The number of benzene rings is 1. The lowest BCUT2D eigenvalue weighted by Crippen LogP contribution is -2.27. The lowest BCUT2D eigenvalue weighted by molar-refractivity contribution is -0.118. The topological polar surface area (TPSA) is 69.0 Å². The Bertz CT molecular complexity index is 715. The maximum atomic E-state index is 11.8. The van der Waals surface area contributed by atoms with Crippen LogP contribution in [-0.2, 0) is 11.8 Å². The molecule has 0 saturated heterocycles. The number of nitrogens with one attached hydrogen (secondary N) is 1. The van der Waals surface area contributed by atoms with Crippen LogP contribution >= 0.6 is 27.7 Å². The van der Waals surface area contributed by atoms with E-state index < -0.39 is 0 Å². The smallest absolute Gasteiger partial charge is 0.230 e. The first-order valence-electron chi connectivity index (χ1n) is 7.76. The molecular weight excluding hydrogens is 392 g/mol. The van der Waals surface area contributed by atoms with Gasteiger partial charge >= 0.3 is 0 Å². The maximum Gasteiger partial charge on any atom is 0.230 e. The van der Waals surface area contributed by atoms with Gasteiger partial charge in [0.05, 0.1) is 5.75 Å². The molecule has 1 aliphatic rings. The molecule has 1 fully saturated rings. The molecule has 1 saturated carbocycles. The van der Waals surface area contributed by atoms with Crippen LogP contribution in [-0.4, -0.2) is 32.5 Å². The lowest BCUT2D eigenvalue weighted by Gasteiger charge is -2.14. The van der Waals surface area contributed by atoms with Crippen LogP contribution in [0.15, 0.2) is 33.9 Å². The van der Waals surface area contributed by atoms with E-state index in [1.165, 1.54) is 11.8 Å². The molecule has 1 unspecified atom stereocenters. The standard InChI is InChI=1S/C16H19BrN4O2S/c1-10(23-13-7-3-11(17)4-8-13)15-19-20-16(21(15)2)24-9-14(22)18-12-5-6-12/h3-4,7-8,10,12H,5-6,9H2,1-2H3,(H,18,22). The molecule has 1 heterocycles. The second-order valence-corrected chi connectivity index (χ2v) is 7.60. The van der Waals surface area contributed by atoms with Crippen molar-refractivity contribution in [1.82, 2.24) is 20.1 Å². The van der Waals surface area contributed by atoms with Crippen LogP contribution in [0.5, 0.6) is 5.75 Å². The van der Waals surface area contributed by atoms with E-state index in [0.29, 0.717) is 17.0 Å². The molecule has 24 heavy (non-hydrogen) atoms. The second kappa shape index (κ2) is 7.57. The van der Waals surface area contributed by atoms with Crippen molar-refractivity contribution in [2.45, 2.75) is 37.1 Å². The third-order valence-corrected chi connectivity index (χ3v) is 5.18. The number of aromatic nitrogens is 3. The van der Waals surface area contributed by atoms with Crippen LogP contribution in [0.2, 0.25) is 0 Å². The van der Waals surface area contributed by atoms with Crippen LogP contribution in [0.4, 0.5) is 0 Å². The SMILES string of the molecule is CC(Oc1ccc(Br)cc1)c1nnc(SCC(=O)NC2CC2)n1C. The van der Waals surface area contributed by atoms with Gasteiger partial charge in [0, 0.05) is 17.6 Å². The largest absolute Gasteiger partial charge is 0.483 e. The summed E-state index contributed by atoms with van der Waals surface area (Å²) in [6.07, 6.45) is 1.95. The Balaban J connectivity index is 1.58. The van der Waals surface area contributed by atoms with E-state index in [-0.39, 0.29) is 12.0 Å². The van der Waals surface area contributed by atoms with Gasteiger partial charge in [-0.25, -0.2) is 0 Å². The van der Waals surface area contributed by atoms with E-state index in [1.54, 1.807) is 0 Å². The quantitative estimate of drug-likeness (QED) is 0.710. The molecule has 0 radical (unpaired) electrons. The van der Waals surface area contributed by atoms with Crippen molar-refractivity contribution in [3.05, 3.63) is 34.6 Å². The van der Waals surface area contributed by atoms with E-state index in [0.717, 1.165) is 28.9 Å². The molecule has 3 rings (SSSR count). The first-order chi connectivity index (χ1) is 11.5. The molecule has 128 valence electrons. The Morgan fingerprint density at radius 3 is 2.79 bits per heavy atom. The fourth-order valence-electron chi connectivity index (χ4n) is 2.20. The highest BCUT2D eigenvalue weighted by Crippen LogP contribution is 2.25. The van der Waals surface area contributed by atoms with Crippen molar-refractivity contribution in [3.63, 3.8) is 0 Å². The van der Waals surface area contributed by atoms with E-state index in [2.05, 4.69) is 31.4 Å². The minimum absolute atomic E-state index is 0.0474. The van der Waals surface area contributed by atoms with Crippen molar-refractivity contribution in [1.29, 1.82) is 0 Å². The van der Waals surface area contributed by atoms with Gasteiger partial charge in [0.25, 0.3) is 0 Å². The molecular formula is C16H19BrN4O2S. The first kappa shape index (κ1) is 17.3. The van der Waals surface area contributed by atoms with Gasteiger partial charge in [-0.2, -0.15) is 0 Å². The van der Waals surface area contributed by atoms with Crippen molar-refractivity contribution >= 4 is 33.6 Å². The number of carbonyl (C=O) groups excluding carboxylic acids is 1. The van der Waals surface area contributed by atoms with Gasteiger partial charge in [-0.1, -0.05) is 27.7 Å². The molecule has 1 N–H and O–H groups in total. The molecule has 0 bridgehead atoms. The summed E-state index contributed by atoms with van der Waals surface area (Å²) < 4.78 is 8.78. The minimum atomic E-state index is -0.238. The normalized spacial score (nSPS) is 15.1. The van der Waals surface area contributed by atoms with Crippen molar-refractivity contribution in [2.75, 3.05) is 5.75 Å². The molecule has 1 amide bonds. The summed E-state index contributed by atoms with van der Waals surface area (Å²) in [6.45, 7) is 1.93. The van der Waals surface area contributed by atoms with Crippen LogP contribution < -0.4 is 10.1 Å². The fraction of sp³-hybridized carbons (Fsp3) is 0.438. The molecule has 2 aromatic rings. The summed E-state index contributed by atoms with van der Waals surface area (Å²) in [7, 11) is 1.89. The summed E-state index contributed by atoms with van der Waals surface area (Å²) in [6, 6.07) is 8.04. The molecule has 0 aliphatic heterocycles. The summed E-state index contributed by atoms with van der Waals surface area (Å²) in [5.41, 5.74) is 0. The predicted molar refractivity (Wildman–Crippen MR) is 96.1 cm³/mol. The zero-order valence-electron chi connectivity index (χ0n) is 13.5. The Hall–Kier alpha value is -1.54. The Morgan fingerprint density at radius 2 is 2.12 bits per heavy atom. The highest BCUT2D eigenvalue weighted by Gasteiger charge is 2.24. The molecule has 8 heteroatoms. The predicted octanol–water partition coefficient (Wildman–Crippen LogP) is 3.09. The third-order valence-electron chi connectivity index (χ3n) is 3.63. The third kappa shape index (κ3) is 4.51. The average molecular weight is 411 g/mol. The summed E-state index contributed by atoms with van der Waals surface area (Å²) in [4.78, 5) is 11.8. The van der Waals surface area contributed by atoms with E-state index in [4.69, 9.17) is 4.74 Å². The number of halogens is 1. The zero-order valence-corrected chi connectivity index (χ0v) is 15.9. The Labute approximate surface area is 153 Å². The van der Waals surface area contributed by atoms with Crippen LogP contribution in [0.1, 0.15) is 31.7 Å². The number of hydrogen-bond donors (Lipinski definition) is 1. The fourth-order valence-corrected chi connectivity index (χ4v) is 3.20. The average Bonchev–Trinajstić information content (AvgIpc) is 3.28. The molecule has 1 aromatic heterocycles. The number of carbonyl (C=O) groups is 1. The van der Waals surface area contributed by atoms with Gasteiger partial charge in [0.1, 0.15) is 5.75 Å². The van der Waals surface area contributed by atoms with E-state index in [1.807, 2.05) is 42.8 Å². The molecule has 6 nitrogen and oxygen atoms in total. The molecule has 1 atom stereocenters. The summed E-state index contributed by atoms with van der Waals surface area (Å²) in [5, 5.41) is 12.0. The van der Waals surface area contributed by atoms with E-state index >= 15 is 0 Å². The van der Waals surface area contributed by atoms with Crippen LogP contribution in [0, 0.1) is 0 Å². The summed E-state index contributed by atoms with van der Waals surface area (Å²) >= 11 is 4.79. The van der Waals surface area contributed by atoms with Gasteiger partial charge in [0.15, 0.2) is 17.1 Å². The Morgan fingerprint density at radius 1 is 1.42 bits per heavy atom. The number of thioether (sulfide) groups is 1. The highest BCUT2D eigenvalue weighted by atomic mass is 79.9. The van der Waals surface area contributed by atoms with E-state index in [9.17, 15) is 4.79 Å². The lowest BCUT2D eigenvalue weighted by atomic mass is 10.3. The van der Waals surface area contributed by atoms with Crippen molar-refractivity contribution in [2.24, 2.45) is 7.05 Å². The summed E-state index contributed by atoms with van der Waals surface area (Å²) in [5.74, 6) is 1.89.